The Bertz CT molecular complexity index is 1130. The van der Waals surface area contributed by atoms with E-state index in [1.807, 2.05) is 6.07 Å². The highest BCUT2D eigenvalue weighted by Gasteiger charge is 2.36. The van der Waals surface area contributed by atoms with Gasteiger partial charge < -0.3 is 10.1 Å². The smallest absolute Gasteiger partial charge is 0.266 e. The van der Waals surface area contributed by atoms with E-state index >= 15 is 0 Å². The molecule has 0 atom stereocenters. The Labute approximate surface area is 180 Å². The SMILES string of the molecule is CC(C)COc1cccc(C(=O)Nc2cccc(N3C(=O)c4ccccc4C3=O)c2)c1. The molecule has 1 N–H and O–H groups in total. The number of nitrogens with zero attached hydrogens (tertiary/aromatic N) is 1. The Hall–Kier alpha value is -3.93. The first-order valence-electron chi connectivity index (χ1n) is 10.1. The van der Waals surface area contributed by atoms with Crippen LogP contribution in [0.1, 0.15) is 44.9 Å². The minimum atomic E-state index is -0.376. The maximum Gasteiger partial charge on any atom is 0.266 e. The van der Waals surface area contributed by atoms with Crippen molar-refractivity contribution < 1.29 is 19.1 Å². The van der Waals surface area contributed by atoms with Crippen molar-refractivity contribution in [2.45, 2.75) is 13.8 Å². The monoisotopic (exact) mass is 414 g/mol. The Balaban J connectivity index is 1.52. The van der Waals surface area contributed by atoms with Gasteiger partial charge in [0.1, 0.15) is 5.75 Å². The van der Waals surface area contributed by atoms with Gasteiger partial charge in [0.25, 0.3) is 17.7 Å². The molecule has 31 heavy (non-hydrogen) atoms. The Morgan fingerprint density at radius 3 is 2.26 bits per heavy atom. The highest BCUT2D eigenvalue weighted by atomic mass is 16.5. The first-order chi connectivity index (χ1) is 14.9. The van der Waals surface area contributed by atoms with E-state index in [-0.39, 0.29) is 17.7 Å². The van der Waals surface area contributed by atoms with Crippen molar-refractivity contribution in [2.24, 2.45) is 5.92 Å². The van der Waals surface area contributed by atoms with Gasteiger partial charge in [-0.15, -0.1) is 0 Å². The summed E-state index contributed by atoms with van der Waals surface area (Å²) >= 11 is 0. The highest BCUT2D eigenvalue weighted by molar-refractivity contribution is 6.34. The third kappa shape index (κ3) is 4.19. The zero-order valence-electron chi connectivity index (χ0n) is 17.3. The lowest BCUT2D eigenvalue weighted by Gasteiger charge is -2.15. The summed E-state index contributed by atoms with van der Waals surface area (Å²) < 4.78 is 5.69. The van der Waals surface area contributed by atoms with Crippen LogP contribution in [0.15, 0.2) is 72.8 Å². The van der Waals surface area contributed by atoms with Crippen LogP contribution in [0.4, 0.5) is 11.4 Å². The second-order valence-corrected chi connectivity index (χ2v) is 7.73. The number of anilines is 2. The van der Waals surface area contributed by atoms with Crippen molar-refractivity contribution in [3.63, 3.8) is 0 Å². The number of nitrogens with one attached hydrogen (secondary N) is 1. The number of hydrogen-bond acceptors (Lipinski definition) is 4. The minimum absolute atomic E-state index is 0.311. The molecule has 0 saturated carbocycles. The molecule has 3 aromatic carbocycles. The third-order valence-electron chi connectivity index (χ3n) is 4.84. The van der Waals surface area contributed by atoms with Gasteiger partial charge >= 0.3 is 0 Å². The topological polar surface area (TPSA) is 75.7 Å². The number of benzene rings is 3. The summed E-state index contributed by atoms with van der Waals surface area (Å²) in [5, 5.41) is 2.82. The average Bonchev–Trinajstić information content (AvgIpc) is 3.03. The van der Waals surface area contributed by atoms with E-state index in [9.17, 15) is 14.4 Å². The van der Waals surface area contributed by atoms with Gasteiger partial charge in [0, 0.05) is 11.3 Å². The van der Waals surface area contributed by atoms with Crippen molar-refractivity contribution in [3.05, 3.63) is 89.5 Å². The van der Waals surface area contributed by atoms with Gasteiger partial charge in [-0.25, -0.2) is 4.90 Å². The number of carbonyl (C=O) groups is 3. The Kier molecular flexibility index (Phi) is 5.54. The van der Waals surface area contributed by atoms with Crippen molar-refractivity contribution in [1.29, 1.82) is 0 Å². The number of ether oxygens (including phenoxy) is 1. The van der Waals surface area contributed by atoms with Crippen molar-refractivity contribution >= 4 is 29.1 Å². The molecule has 0 bridgehead atoms. The molecule has 1 aliphatic heterocycles. The summed E-state index contributed by atoms with van der Waals surface area (Å²) in [6, 6.07) is 20.3. The van der Waals surface area contributed by atoms with E-state index in [1.165, 1.54) is 0 Å². The summed E-state index contributed by atoms with van der Waals surface area (Å²) in [5.41, 5.74) is 2.08. The van der Waals surface area contributed by atoms with Crippen LogP contribution in [0.5, 0.6) is 5.75 Å². The summed E-state index contributed by atoms with van der Waals surface area (Å²) in [5.74, 6) is -0.0591. The average molecular weight is 414 g/mol. The fourth-order valence-electron chi connectivity index (χ4n) is 3.34. The minimum Gasteiger partial charge on any atom is -0.493 e. The first-order valence-corrected chi connectivity index (χ1v) is 10.1. The van der Waals surface area contributed by atoms with E-state index in [0.717, 1.165) is 4.90 Å². The highest BCUT2D eigenvalue weighted by Crippen LogP contribution is 2.30. The first kappa shape index (κ1) is 20.3. The number of fused-ring (bicyclic) bond motifs is 1. The largest absolute Gasteiger partial charge is 0.493 e. The maximum atomic E-state index is 12.7. The van der Waals surface area contributed by atoms with Crippen molar-refractivity contribution in [2.75, 3.05) is 16.8 Å². The van der Waals surface area contributed by atoms with Gasteiger partial charge in [-0.05, 0) is 54.4 Å². The number of rotatable bonds is 6. The van der Waals surface area contributed by atoms with Crippen LogP contribution >= 0.6 is 0 Å². The number of carbonyl (C=O) groups excluding carboxylic acids is 3. The van der Waals surface area contributed by atoms with Gasteiger partial charge in [-0.2, -0.15) is 0 Å². The molecule has 1 heterocycles. The van der Waals surface area contributed by atoms with E-state index in [1.54, 1.807) is 66.7 Å². The standard InChI is InChI=1S/C25H22N2O4/c1-16(2)15-31-20-10-5-7-17(13-20)23(28)26-18-8-6-9-19(14-18)27-24(29)21-11-3-4-12-22(21)25(27)30/h3-14,16H,15H2,1-2H3,(H,26,28). The molecule has 0 saturated heterocycles. The molecule has 156 valence electrons. The van der Waals surface area contributed by atoms with E-state index in [4.69, 9.17) is 4.74 Å². The maximum absolute atomic E-state index is 12.7. The predicted octanol–water partition coefficient (Wildman–Crippen LogP) is 4.77. The van der Waals surface area contributed by atoms with Gasteiger partial charge in [-0.3, -0.25) is 14.4 Å². The van der Waals surface area contributed by atoms with Gasteiger partial charge in [-0.1, -0.05) is 38.1 Å². The van der Waals surface area contributed by atoms with Gasteiger partial charge in [0.15, 0.2) is 0 Å². The van der Waals surface area contributed by atoms with Crippen molar-refractivity contribution in [3.8, 4) is 5.75 Å². The lowest BCUT2D eigenvalue weighted by atomic mass is 10.1. The van der Waals surface area contributed by atoms with Crippen LogP contribution in [0.3, 0.4) is 0 Å². The summed E-state index contributed by atoms with van der Waals surface area (Å²) in [6.45, 7) is 4.67. The Morgan fingerprint density at radius 2 is 1.58 bits per heavy atom. The van der Waals surface area contributed by atoms with Crippen LogP contribution in [0.25, 0.3) is 0 Å². The normalized spacial score (nSPS) is 12.8. The van der Waals surface area contributed by atoms with Crippen LogP contribution in [-0.2, 0) is 0 Å². The molecule has 6 nitrogen and oxygen atoms in total. The molecule has 0 aromatic heterocycles. The molecule has 3 amide bonds. The van der Waals surface area contributed by atoms with E-state index in [0.29, 0.717) is 46.3 Å². The fraction of sp³-hybridized carbons (Fsp3) is 0.160. The predicted molar refractivity (Wildman–Crippen MR) is 119 cm³/mol. The lowest BCUT2D eigenvalue weighted by Crippen LogP contribution is -2.29. The van der Waals surface area contributed by atoms with Gasteiger partial charge in [0.2, 0.25) is 0 Å². The Morgan fingerprint density at radius 1 is 0.903 bits per heavy atom. The van der Waals surface area contributed by atoms with Crippen LogP contribution in [0, 0.1) is 5.92 Å². The molecule has 0 unspecified atom stereocenters. The van der Waals surface area contributed by atoms with E-state index in [2.05, 4.69) is 19.2 Å². The van der Waals surface area contributed by atoms with Gasteiger partial charge in [0.05, 0.1) is 23.4 Å². The van der Waals surface area contributed by atoms with Crippen LogP contribution in [-0.4, -0.2) is 24.3 Å². The molecule has 6 heteroatoms. The molecule has 4 rings (SSSR count). The van der Waals surface area contributed by atoms with Crippen LogP contribution < -0.4 is 15.0 Å². The number of imide groups is 1. The third-order valence-corrected chi connectivity index (χ3v) is 4.84. The fourth-order valence-corrected chi connectivity index (χ4v) is 3.34. The quantitative estimate of drug-likeness (QED) is 0.590. The van der Waals surface area contributed by atoms with Crippen LogP contribution in [0.2, 0.25) is 0 Å². The molecule has 0 fully saturated rings. The number of amides is 3. The molecular weight excluding hydrogens is 392 g/mol. The molecule has 0 spiro atoms. The molecular formula is C25H22N2O4. The summed E-state index contributed by atoms with van der Waals surface area (Å²) in [6.07, 6.45) is 0. The second-order valence-electron chi connectivity index (χ2n) is 7.73. The zero-order valence-corrected chi connectivity index (χ0v) is 17.3. The lowest BCUT2D eigenvalue weighted by molar-refractivity contribution is 0.0925. The molecule has 0 aliphatic carbocycles. The summed E-state index contributed by atoms with van der Waals surface area (Å²) in [4.78, 5) is 39.3. The summed E-state index contributed by atoms with van der Waals surface area (Å²) in [7, 11) is 0. The zero-order chi connectivity index (χ0) is 22.0. The molecule has 1 aliphatic rings. The van der Waals surface area contributed by atoms with E-state index < -0.39 is 0 Å². The number of hydrogen-bond donors (Lipinski definition) is 1. The molecule has 3 aromatic rings. The van der Waals surface area contributed by atoms with Crippen molar-refractivity contribution in [1.82, 2.24) is 0 Å². The molecule has 0 radical (unpaired) electrons. The second kappa shape index (κ2) is 8.44.